The summed E-state index contributed by atoms with van der Waals surface area (Å²) < 4.78 is 5.77. The van der Waals surface area contributed by atoms with Gasteiger partial charge in [-0.3, -0.25) is 14.7 Å². The van der Waals surface area contributed by atoms with Gasteiger partial charge in [0.15, 0.2) is 12.5 Å². The highest BCUT2D eigenvalue weighted by molar-refractivity contribution is 6.36. The molecular weight excluding hydrogens is 361 g/mol. The third kappa shape index (κ3) is 4.70. The van der Waals surface area contributed by atoms with Crippen molar-refractivity contribution in [2.45, 2.75) is 12.8 Å². The molecule has 7 heteroatoms. The SMILES string of the molecule is O=CC(OCc1ccncc1)N1CCN(c2ccc(Cl)cc2Cl)CC1. The minimum absolute atomic E-state index is 0.384. The number of aromatic nitrogens is 1. The largest absolute Gasteiger partial charge is 0.368 e. The molecule has 0 N–H and O–H groups in total. The minimum Gasteiger partial charge on any atom is -0.368 e. The Morgan fingerprint density at radius 3 is 2.48 bits per heavy atom. The number of carbonyl (C=O) groups is 1. The van der Waals surface area contributed by atoms with Gasteiger partial charge < -0.3 is 9.64 Å². The Kier molecular flexibility index (Phi) is 6.26. The Hall–Kier alpha value is -1.66. The summed E-state index contributed by atoms with van der Waals surface area (Å²) in [6.45, 7) is 3.36. The van der Waals surface area contributed by atoms with Crippen molar-refractivity contribution in [2.75, 3.05) is 31.1 Å². The summed E-state index contributed by atoms with van der Waals surface area (Å²) in [5.41, 5.74) is 1.96. The summed E-state index contributed by atoms with van der Waals surface area (Å²) in [7, 11) is 0. The number of aldehydes is 1. The number of anilines is 1. The van der Waals surface area contributed by atoms with Crippen molar-refractivity contribution in [3.05, 3.63) is 58.3 Å². The number of piperazine rings is 1. The molecule has 0 saturated carbocycles. The second-order valence-electron chi connectivity index (χ2n) is 5.81. The number of benzene rings is 1. The minimum atomic E-state index is -0.545. The lowest BCUT2D eigenvalue weighted by atomic mass is 10.2. The zero-order chi connectivity index (χ0) is 17.6. The van der Waals surface area contributed by atoms with Crippen LogP contribution < -0.4 is 4.90 Å². The number of ether oxygens (including phenoxy) is 1. The fourth-order valence-electron chi connectivity index (χ4n) is 2.85. The van der Waals surface area contributed by atoms with Crippen LogP contribution in [0.15, 0.2) is 42.7 Å². The molecule has 3 rings (SSSR count). The van der Waals surface area contributed by atoms with Crippen LogP contribution >= 0.6 is 23.2 Å². The highest BCUT2D eigenvalue weighted by Crippen LogP contribution is 2.29. The second-order valence-corrected chi connectivity index (χ2v) is 6.66. The number of nitrogens with zero attached hydrogens (tertiary/aromatic N) is 3. The van der Waals surface area contributed by atoms with Crippen LogP contribution in [0.4, 0.5) is 5.69 Å². The number of pyridine rings is 1. The molecule has 1 aliphatic heterocycles. The Labute approximate surface area is 157 Å². The van der Waals surface area contributed by atoms with Gasteiger partial charge in [0.2, 0.25) is 0 Å². The first-order chi connectivity index (χ1) is 12.2. The molecule has 1 aromatic heterocycles. The predicted octanol–water partition coefficient (Wildman–Crippen LogP) is 3.25. The van der Waals surface area contributed by atoms with E-state index in [0.717, 1.165) is 43.7 Å². The molecule has 132 valence electrons. The van der Waals surface area contributed by atoms with Crippen molar-refractivity contribution < 1.29 is 9.53 Å². The molecule has 1 aliphatic rings. The first-order valence-electron chi connectivity index (χ1n) is 8.07. The molecule has 1 fully saturated rings. The molecule has 25 heavy (non-hydrogen) atoms. The summed E-state index contributed by atoms with van der Waals surface area (Å²) in [6, 6.07) is 9.26. The van der Waals surface area contributed by atoms with Gasteiger partial charge in [0, 0.05) is 43.6 Å². The molecule has 0 bridgehead atoms. The van der Waals surface area contributed by atoms with E-state index in [-0.39, 0.29) is 0 Å². The molecule has 0 radical (unpaired) electrons. The maximum atomic E-state index is 11.4. The summed E-state index contributed by atoms with van der Waals surface area (Å²) in [5, 5.41) is 1.26. The van der Waals surface area contributed by atoms with Gasteiger partial charge in [0.25, 0.3) is 0 Å². The number of hydrogen-bond acceptors (Lipinski definition) is 5. The number of carbonyl (C=O) groups excluding carboxylic acids is 1. The number of hydrogen-bond donors (Lipinski definition) is 0. The summed E-state index contributed by atoms with van der Waals surface area (Å²) >= 11 is 12.2. The normalized spacial score (nSPS) is 16.6. The predicted molar refractivity (Wildman–Crippen MR) is 99.1 cm³/mol. The van der Waals surface area contributed by atoms with Gasteiger partial charge in [-0.15, -0.1) is 0 Å². The monoisotopic (exact) mass is 379 g/mol. The molecule has 2 heterocycles. The number of halogens is 2. The van der Waals surface area contributed by atoms with Gasteiger partial charge in [-0.25, -0.2) is 0 Å². The Bertz CT molecular complexity index is 707. The highest BCUT2D eigenvalue weighted by atomic mass is 35.5. The molecule has 0 aliphatic carbocycles. The zero-order valence-corrected chi connectivity index (χ0v) is 15.2. The highest BCUT2D eigenvalue weighted by Gasteiger charge is 2.25. The van der Waals surface area contributed by atoms with Crippen LogP contribution in [0.25, 0.3) is 0 Å². The van der Waals surface area contributed by atoms with E-state index in [1.165, 1.54) is 0 Å². The molecule has 1 atom stereocenters. The van der Waals surface area contributed by atoms with Gasteiger partial charge in [-0.1, -0.05) is 23.2 Å². The van der Waals surface area contributed by atoms with Crippen molar-refractivity contribution in [3.63, 3.8) is 0 Å². The summed E-state index contributed by atoms with van der Waals surface area (Å²) in [6.07, 6.45) is 3.73. The van der Waals surface area contributed by atoms with Crippen molar-refractivity contribution in [2.24, 2.45) is 0 Å². The van der Waals surface area contributed by atoms with Gasteiger partial charge in [-0.2, -0.15) is 0 Å². The lowest BCUT2D eigenvalue weighted by Crippen LogP contribution is -2.51. The lowest BCUT2D eigenvalue weighted by Gasteiger charge is -2.38. The zero-order valence-electron chi connectivity index (χ0n) is 13.6. The van der Waals surface area contributed by atoms with Gasteiger partial charge >= 0.3 is 0 Å². The van der Waals surface area contributed by atoms with Crippen molar-refractivity contribution in [3.8, 4) is 0 Å². The van der Waals surface area contributed by atoms with E-state index >= 15 is 0 Å². The van der Waals surface area contributed by atoms with E-state index in [2.05, 4.69) is 9.88 Å². The fraction of sp³-hybridized carbons (Fsp3) is 0.333. The van der Waals surface area contributed by atoms with Crippen LogP contribution in [0.2, 0.25) is 10.0 Å². The van der Waals surface area contributed by atoms with Crippen LogP contribution in [0, 0.1) is 0 Å². The summed E-state index contributed by atoms with van der Waals surface area (Å²) in [5.74, 6) is 0. The Morgan fingerprint density at radius 2 is 1.84 bits per heavy atom. The van der Waals surface area contributed by atoms with E-state index in [9.17, 15) is 4.79 Å². The number of rotatable bonds is 6. The van der Waals surface area contributed by atoms with Crippen LogP contribution in [0.5, 0.6) is 0 Å². The van der Waals surface area contributed by atoms with Gasteiger partial charge in [-0.05, 0) is 35.9 Å². The third-order valence-electron chi connectivity index (χ3n) is 4.21. The third-order valence-corrected chi connectivity index (χ3v) is 4.75. The molecular formula is C18H19Cl2N3O2. The average Bonchev–Trinajstić information content (AvgIpc) is 2.64. The quantitative estimate of drug-likeness (QED) is 0.720. The second kappa shape index (κ2) is 8.63. The Balaban J connectivity index is 1.55. The average molecular weight is 380 g/mol. The van der Waals surface area contributed by atoms with Crippen LogP contribution in [-0.4, -0.2) is 48.6 Å². The maximum absolute atomic E-state index is 11.4. The van der Waals surface area contributed by atoms with Crippen LogP contribution in [0.1, 0.15) is 5.56 Å². The molecule has 1 saturated heterocycles. The summed E-state index contributed by atoms with van der Waals surface area (Å²) in [4.78, 5) is 19.6. The topological polar surface area (TPSA) is 45.7 Å². The maximum Gasteiger partial charge on any atom is 0.167 e. The fourth-order valence-corrected chi connectivity index (χ4v) is 3.37. The lowest BCUT2D eigenvalue weighted by molar-refractivity contribution is -0.133. The molecule has 2 aromatic rings. The van der Waals surface area contributed by atoms with E-state index in [4.69, 9.17) is 27.9 Å². The van der Waals surface area contributed by atoms with Gasteiger partial charge in [0.05, 0.1) is 17.3 Å². The smallest absolute Gasteiger partial charge is 0.167 e. The van der Waals surface area contributed by atoms with E-state index in [1.54, 1.807) is 18.5 Å². The van der Waals surface area contributed by atoms with Crippen molar-refractivity contribution in [1.82, 2.24) is 9.88 Å². The van der Waals surface area contributed by atoms with E-state index in [0.29, 0.717) is 16.7 Å². The van der Waals surface area contributed by atoms with E-state index in [1.807, 2.05) is 29.2 Å². The van der Waals surface area contributed by atoms with Gasteiger partial charge in [0.1, 0.15) is 0 Å². The molecule has 0 amide bonds. The Morgan fingerprint density at radius 1 is 1.12 bits per heavy atom. The standard InChI is InChI=1S/C18H19Cl2N3O2/c19-15-1-2-17(16(20)11-15)22-7-9-23(10-8-22)18(12-24)25-13-14-3-5-21-6-4-14/h1-6,11-12,18H,7-10,13H2. The molecule has 5 nitrogen and oxygen atoms in total. The van der Waals surface area contributed by atoms with Crippen molar-refractivity contribution in [1.29, 1.82) is 0 Å². The van der Waals surface area contributed by atoms with Crippen LogP contribution in [-0.2, 0) is 16.1 Å². The van der Waals surface area contributed by atoms with Crippen molar-refractivity contribution >= 4 is 35.2 Å². The molecule has 1 unspecified atom stereocenters. The first-order valence-corrected chi connectivity index (χ1v) is 8.83. The van der Waals surface area contributed by atoms with E-state index < -0.39 is 6.23 Å². The first kappa shape index (κ1) is 18.1. The molecule has 1 aromatic carbocycles. The molecule has 0 spiro atoms. The van der Waals surface area contributed by atoms with Crippen LogP contribution in [0.3, 0.4) is 0 Å².